The molecule has 6 heavy (non-hydrogen) atoms. The van der Waals surface area contributed by atoms with Crippen LogP contribution >= 0.6 is 0 Å². The Bertz CT molecular complexity index is 41.3. The minimum absolute atomic E-state index is 0.523. The van der Waals surface area contributed by atoms with Crippen molar-refractivity contribution >= 4 is 0 Å². The Hall–Kier alpha value is -0.120. The SMILES string of the molecule is NCCC1NN1. The van der Waals surface area contributed by atoms with Crippen molar-refractivity contribution in [3.63, 3.8) is 0 Å². The van der Waals surface area contributed by atoms with Crippen LogP contribution in [-0.2, 0) is 0 Å². The molecule has 0 aromatic rings. The standard InChI is InChI=1S/C3H9N3/c4-2-1-3-5-6-3/h3,5-6H,1-2,4H2. The summed E-state index contributed by atoms with van der Waals surface area (Å²) in [4.78, 5) is 0. The Labute approximate surface area is 36.9 Å². The lowest BCUT2D eigenvalue weighted by atomic mass is 10.4. The first-order valence-electron chi connectivity index (χ1n) is 2.14. The summed E-state index contributed by atoms with van der Waals surface area (Å²) in [5.74, 6) is 0. The quantitative estimate of drug-likeness (QED) is 0.369. The Balaban J connectivity index is 1.88. The van der Waals surface area contributed by atoms with Crippen LogP contribution in [0.5, 0.6) is 0 Å². The monoisotopic (exact) mass is 87.1 g/mol. The van der Waals surface area contributed by atoms with E-state index in [1.807, 2.05) is 0 Å². The number of hydrogen-bond acceptors (Lipinski definition) is 3. The molecule has 1 heterocycles. The average Bonchev–Trinajstić information content (AvgIpc) is 2.21. The van der Waals surface area contributed by atoms with Crippen LogP contribution in [0.4, 0.5) is 0 Å². The molecular weight excluding hydrogens is 78.1 g/mol. The lowest BCUT2D eigenvalue weighted by molar-refractivity contribution is 0.800. The van der Waals surface area contributed by atoms with Gasteiger partial charge in [0.1, 0.15) is 0 Å². The van der Waals surface area contributed by atoms with Crippen LogP contribution in [0.1, 0.15) is 6.42 Å². The second-order valence-corrected chi connectivity index (χ2v) is 1.42. The maximum absolute atomic E-state index is 5.19. The highest BCUT2D eigenvalue weighted by Gasteiger charge is 2.15. The van der Waals surface area contributed by atoms with Crippen LogP contribution in [0.15, 0.2) is 0 Å². The molecular formula is C3H9N3. The molecule has 1 aliphatic rings. The molecule has 1 aliphatic heterocycles. The Morgan fingerprint density at radius 1 is 1.50 bits per heavy atom. The average molecular weight is 87.1 g/mol. The molecule has 0 aliphatic carbocycles. The summed E-state index contributed by atoms with van der Waals surface area (Å²) in [6, 6.07) is 0. The van der Waals surface area contributed by atoms with Crippen LogP contribution in [0.3, 0.4) is 0 Å². The van der Waals surface area contributed by atoms with Gasteiger partial charge in [-0.05, 0) is 13.0 Å². The van der Waals surface area contributed by atoms with E-state index in [-0.39, 0.29) is 0 Å². The second-order valence-electron chi connectivity index (χ2n) is 1.42. The Morgan fingerprint density at radius 2 is 2.17 bits per heavy atom. The van der Waals surface area contributed by atoms with Gasteiger partial charge < -0.3 is 5.73 Å². The number of nitrogens with two attached hydrogens (primary N) is 1. The van der Waals surface area contributed by atoms with Crippen molar-refractivity contribution in [1.82, 2.24) is 10.9 Å². The maximum Gasteiger partial charge on any atom is 0.0845 e. The van der Waals surface area contributed by atoms with Crippen molar-refractivity contribution in [1.29, 1.82) is 0 Å². The minimum Gasteiger partial charge on any atom is -0.330 e. The van der Waals surface area contributed by atoms with Crippen LogP contribution in [0.2, 0.25) is 0 Å². The Morgan fingerprint density at radius 3 is 2.33 bits per heavy atom. The Kier molecular flexibility index (Phi) is 1.05. The molecule has 0 aromatic heterocycles. The molecule has 0 unspecified atom stereocenters. The molecule has 36 valence electrons. The molecule has 1 fully saturated rings. The molecule has 0 aromatic carbocycles. The van der Waals surface area contributed by atoms with Crippen LogP contribution < -0.4 is 16.6 Å². The van der Waals surface area contributed by atoms with E-state index >= 15 is 0 Å². The molecule has 1 rings (SSSR count). The third kappa shape index (κ3) is 0.931. The van der Waals surface area contributed by atoms with Gasteiger partial charge in [0.2, 0.25) is 0 Å². The fourth-order valence-electron chi connectivity index (χ4n) is 0.370. The highest BCUT2D eigenvalue weighted by Crippen LogP contribution is 1.89. The van der Waals surface area contributed by atoms with E-state index < -0.39 is 0 Å². The molecule has 3 heteroatoms. The number of hydrogen-bond donors (Lipinski definition) is 3. The maximum atomic E-state index is 5.19. The number of rotatable bonds is 2. The second kappa shape index (κ2) is 1.55. The number of hydrazine groups is 1. The zero-order valence-electron chi connectivity index (χ0n) is 3.57. The normalized spacial score (nSPS) is 21.5. The molecule has 4 N–H and O–H groups in total. The van der Waals surface area contributed by atoms with E-state index in [0.717, 1.165) is 13.0 Å². The third-order valence-electron chi connectivity index (χ3n) is 0.804. The van der Waals surface area contributed by atoms with Gasteiger partial charge in [-0.25, -0.2) is 10.9 Å². The van der Waals surface area contributed by atoms with Gasteiger partial charge in [-0.3, -0.25) is 0 Å². The fraction of sp³-hybridized carbons (Fsp3) is 1.00. The lowest BCUT2D eigenvalue weighted by Crippen LogP contribution is -2.04. The van der Waals surface area contributed by atoms with Gasteiger partial charge in [0.05, 0.1) is 6.17 Å². The van der Waals surface area contributed by atoms with Gasteiger partial charge in [-0.1, -0.05) is 0 Å². The molecule has 3 nitrogen and oxygen atoms in total. The van der Waals surface area contributed by atoms with E-state index in [0.29, 0.717) is 6.17 Å². The molecule has 0 spiro atoms. The minimum atomic E-state index is 0.523. The van der Waals surface area contributed by atoms with E-state index in [1.54, 1.807) is 0 Å². The summed E-state index contributed by atoms with van der Waals surface area (Å²) < 4.78 is 0. The van der Waals surface area contributed by atoms with Gasteiger partial charge in [0.15, 0.2) is 0 Å². The van der Waals surface area contributed by atoms with Crippen molar-refractivity contribution in [3.8, 4) is 0 Å². The van der Waals surface area contributed by atoms with E-state index in [1.165, 1.54) is 0 Å². The summed E-state index contributed by atoms with van der Waals surface area (Å²) in [6.07, 6.45) is 1.56. The topological polar surface area (TPSA) is 69.9 Å². The van der Waals surface area contributed by atoms with Crippen LogP contribution in [0, 0.1) is 0 Å². The summed E-state index contributed by atoms with van der Waals surface area (Å²) >= 11 is 0. The van der Waals surface area contributed by atoms with Crippen molar-refractivity contribution in [2.75, 3.05) is 6.54 Å². The van der Waals surface area contributed by atoms with Gasteiger partial charge in [-0.2, -0.15) is 0 Å². The highest BCUT2D eigenvalue weighted by molar-refractivity contribution is 4.70. The van der Waals surface area contributed by atoms with Gasteiger partial charge >= 0.3 is 0 Å². The molecule has 0 saturated carbocycles. The van der Waals surface area contributed by atoms with E-state index in [4.69, 9.17) is 5.73 Å². The smallest absolute Gasteiger partial charge is 0.0845 e. The predicted molar refractivity (Wildman–Crippen MR) is 23.7 cm³/mol. The first-order valence-corrected chi connectivity index (χ1v) is 2.14. The molecule has 0 amide bonds. The van der Waals surface area contributed by atoms with Crippen molar-refractivity contribution < 1.29 is 0 Å². The van der Waals surface area contributed by atoms with E-state index in [2.05, 4.69) is 10.9 Å². The fourth-order valence-corrected chi connectivity index (χ4v) is 0.370. The molecule has 0 atom stereocenters. The lowest BCUT2D eigenvalue weighted by Gasteiger charge is -1.80. The number of nitrogens with one attached hydrogen (secondary N) is 2. The largest absolute Gasteiger partial charge is 0.330 e. The summed E-state index contributed by atoms with van der Waals surface area (Å²) in [5, 5.41) is 0. The zero-order valence-corrected chi connectivity index (χ0v) is 3.57. The summed E-state index contributed by atoms with van der Waals surface area (Å²) in [5.41, 5.74) is 11.0. The van der Waals surface area contributed by atoms with Crippen molar-refractivity contribution in [2.45, 2.75) is 12.6 Å². The van der Waals surface area contributed by atoms with E-state index in [9.17, 15) is 0 Å². The van der Waals surface area contributed by atoms with Crippen molar-refractivity contribution in [2.24, 2.45) is 5.73 Å². The van der Waals surface area contributed by atoms with Gasteiger partial charge in [0.25, 0.3) is 0 Å². The predicted octanol–water partition coefficient (Wildman–Crippen LogP) is -1.23. The third-order valence-corrected chi connectivity index (χ3v) is 0.804. The molecule has 0 radical (unpaired) electrons. The van der Waals surface area contributed by atoms with Gasteiger partial charge in [0, 0.05) is 0 Å². The zero-order chi connectivity index (χ0) is 4.41. The molecule has 1 saturated heterocycles. The van der Waals surface area contributed by atoms with Gasteiger partial charge in [-0.15, -0.1) is 0 Å². The molecule has 0 bridgehead atoms. The summed E-state index contributed by atoms with van der Waals surface area (Å²) in [6.45, 7) is 0.769. The van der Waals surface area contributed by atoms with Crippen molar-refractivity contribution in [3.05, 3.63) is 0 Å². The first kappa shape index (κ1) is 4.05. The van der Waals surface area contributed by atoms with Crippen LogP contribution in [0.25, 0.3) is 0 Å². The first-order chi connectivity index (χ1) is 2.93. The highest BCUT2D eigenvalue weighted by atomic mass is 15.6. The van der Waals surface area contributed by atoms with Crippen LogP contribution in [-0.4, -0.2) is 12.7 Å². The summed E-state index contributed by atoms with van der Waals surface area (Å²) in [7, 11) is 0.